The molecule has 2 aromatic rings. The fourth-order valence-corrected chi connectivity index (χ4v) is 3.10. The van der Waals surface area contributed by atoms with Crippen LogP contribution in [0.25, 0.3) is 0 Å². The largest absolute Gasteiger partial charge is 0.378 e. The van der Waals surface area contributed by atoms with Gasteiger partial charge in [-0.1, -0.05) is 18.2 Å². The number of carbonyl (C=O) groups is 1. The molecule has 0 aliphatic carbocycles. The Labute approximate surface area is 165 Å². The first-order chi connectivity index (χ1) is 13.5. The molecule has 1 aliphatic heterocycles. The third kappa shape index (κ3) is 5.36. The summed E-state index contributed by atoms with van der Waals surface area (Å²) in [5.74, 6) is -0.301. The summed E-state index contributed by atoms with van der Waals surface area (Å²) in [5, 5.41) is 5.58. The highest BCUT2D eigenvalue weighted by Gasteiger charge is 2.11. The number of nitrogens with one attached hydrogen (secondary N) is 2. The quantitative estimate of drug-likeness (QED) is 0.802. The van der Waals surface area contributed by atoms with Crippen LogP contribution in [-0.2, 0) is 17.8 Å². The zero-order valence-corrected chi connectivity index (χ0v) is 16.4. The van der Waals surface area contributed by atoms with Crippen molar-refractivity contribution in [2.45, 2.75) is 13.1 Å². The van der Waals surface area contributed by atoms with Gasteiger partial charge in [-0.2, -0.15) is 0 Å². The number of rotatable bonds is 6. The lowest BCUT2D eigenvalue weighted by molar-refractivity contribution is 0.122. The molecule has 0 spiro atoms. The van der Waals surface area contributed by atoms with E-state index < -0.39 is 0 Å². The Kier molecular flexibility index (Phi) is 6.71. The molecular weight excluding hydrogens is 359 g/mol. The minimum atomic E-state index is -0.301. The van der Waals surface area contributed by atoms with E-state index in [0.717, 1.165) is 31.9 Å². The average molecular weight is 386 g/mol. The van der Waals surface area contributed by atoms with Crippen LogP contribution in [-0.4, -0.2) is 46.4 Å². The number of carbonyl (C=O) groups excluding carboxylic acids is 1. The van der Waals surface area contributed by atoms with E-state index in [1.807, 2.05) is 18.2 Å². The van der Waals surface area contributed by atoms with Gasteiger partial charge < -0.3 is 25.2 Å². The maximum Gasteiger partial charge on any atom is 0.315 e. The third-order valence-electron chi connectivity index (χ3n) is 4.71. The van der Waals surface area contributed by atoms with Crippen molar-refractivity contribution in [3.8, 4) is 0 Å². The molecule has 6 nitrogen and oxygen atoms in total. The van der Waals surface area contributed by atoms with Gasteiger partial charge in [0.2, 0.25) is 0 Å². The molecule has 1 saturated heterocycles. The highest BCUT2D eigenvalue weighted by molar-refractivity contribution is 5.73. The minimum absolute atomic E-state index is 0.270. The van der Waals surface area contributed by atoms with E-state index in [-0.39, 0.29) is 18.4 Å². The first-order valence-electron chi connectivity index (χ1n) is 9.42. The van der Waals surface area contributed by atoms with Gasteiger partial charge >= 0.3 is 6.03 Å². The van der Waals surface area contributed by atoms with Crippen molar-refractivity contribution in [3.05, 3.63) is 59.4 Å². The molecule has 2 N–H and O–H groups in total. The molecule has 1 aliphatic rings. The van der Waals surface area contributed by atoms with E-state index in [0.29, 0.717) is 17.8 Å². The lowest BCUT2D eigenvalue weighted by Crippen LogP contribution is -2.36. The third-order valence-corrected chi connectivity index (χ3v) is 4.71. The van der Waals surface area contributed by atoms with Gasteiger partial charge in [0.05, 0.1) is 18.9 Å². The van der Waals surface area contributed by atoms with Crippen LogP contribution in [0.1, 0.15) is 11.1 Å². The van der Waals surface area contributed by atoms with Gasteiger partial charge in [0, 0.05) is 46.0 Å². The lowest BCUT2D eigenvalue weighted by atomic mass is 10.2. The zero-order chi connectivity index (χ0) is 19.9. The number of ether oxygens (including phenoxy) is 1. The summed E-state index contributed by atoms with van der Waals surface area (Å²) in [6.45, 7) is 4.01. The number of benzene rings is 2. The van der Waals surface area contributed by atoms with Gasteiger partial charge in [-0.15, -0.1) is 0 Å². The topological polar surface area (TPSA) is 56.8 Å². The first kappa shape index (κ1) is 19.9. The standard InChI is InChI=1S/C21H27FN4O2/c1-25(2)20-8-5-17(13-19(20)22)15-24-21(27)23-14-16-3-6-18(7-4-16)26-9-11-28-12-10-26/h3-8,13H,9-12,14-15H2,1-2H3,(H2,23,24,27). The highest BCUT2D eigenvalue weighted by Crippen LogP contribution is 2.18. The Balaban J connectivity index is 1.44. The molecule has 0 radical (unpaired) electrons. The van der Waals surface area contributed by atoms with Gasteiger partial charge in [0.15, 0.2) is 0 Å². The Morgan fingerprint density at radius 2 is 1.64 bits per heavy atom. The molecule has 2 amide bonds. The van der Waals surface area contributed by atoms with Crippen LogP contribution in [0.5, 0.6) is 0 Å². The van der Waals surface area contributed by atoms with Crippen molar-refractivity contribution in [2.24, 2.45) is 0 Å². The van der Waals surface area contributed by atoms with Crippen molar-refractivity contribution < 1.29 is 13.9 Å². The summed E-state index contributed by atoms with van der Waals surface area (Å²) in [4.78, 5) is 16.0. The average Bonchev–Trinajstić information content (AvgIpc) is 2.71. The number of hydrogen-bond acceptors (Lipinski definition) is 4. The van der Waals surface area contributed by atoms with Crippen molar-refractivity contribution in [3.63, 3.8) is 0 Å². The fraction of sp³-hybridized carbons (Fsp3) is 0.381. The Hall–Kier alpha value is -2.80. The fourth-order valence-electron chi connectivity index (χ4n) is 3.10. The summed E-state index contributed by atoms with van der Waals surface area (Å²) in [6, 6.07) is 12.8. The number of halogens is 1. The molecule has 3 rings (SSSR count). The summed E-state index contributed by atoms with van der Waals surface area (Å²) >= 11 is 0. The second-order valence-electron chi connectivity index (χ2n) is 6.98. The van der Waals surface area contributed by atoms with Crippen molar-refractivity contribution in [1.29, 1.82) is 0 Å². The molecule has 1 heterocycles. The zero-order valence-electron chi connectivity index (χ0n) is 16.4. The highest BCUT2D eigenvalue weighted by atomic mass is 19.1. The maximum atomic E-state index is 14.0. The van der Waals surface area contributed by atoms with Crippen LogP contribution in [0.3, 0.4) is 0 Å². The second-order valence-corrected chi connectivity index (χ2v) is 6.98. The van der Waals surface area contributed by atoms with Crippen molar-refractivity contribution >= 4 is 17.4 Å². The lowest BCUT2D eigenvalue weighted by Gasteiger charge is -2.28. The number of nitrogens with zero attached hydrogens (tertiary/aromatic N) is 2. The van der Waals surface area contributed by atoms with Crippen LogP contribution in [0, 0.1) is 5.82 Å². The minimum Gasteiger partial charge on any atom is -0.378 e. The molecule has 2 aromatic carbocycles. The van der Waals surface area contributed by atoms with Crippen LogP contribution in [0.15, 0.2) is 42.5 Å². The number of anilines is 2. The molecule has 0 aromatic heterocycles. The monoisotopic (exact) mass is 386 g/mol. The first-order valence-corrected chi connectivity index (χ1v) is 9.42. The molecular formula is C21H27FN4O2. The SMILES string of the molecule is CN(C)c1ccc(CNC(=O)NCc2ccc(N3CCOCC3)cc2)cc1F. The summed E-state index contributed by atoms with van der Waals surface area (Å²) in [5.41, 5.74) is 3.43. The molecule has 28 heavy (non-hydrogen) atoms. The Bertz CT molecular complexity index is 789. The molecule has 1 fully saturated rings. The van der Waals surface area contributed by atoms with Gasteiger partial charge in [-0.25, -0.2) is 9.18 Å². The maximum absolute atomic E-state index is 14.0. The van der Waals surface area contributed by atoms with E-state index >= 15 is 0 Å². The van der Waals surface area contributed by atoms with E-state index in [1.54, 1.807) is 25.1 Å². The number of hydrogen-bond donors (Lipinski definition) is 2. The molecule has 0 unspecified atom stereocenters. The normalized spacial score (nSPS) is 13.9. The molecule has 0 bridgehead atoms. The predicted molar refractivity (Wildman–Crippen MR) is 109 cm³/mol. The number of urea groups is 1. The summed E-state index contributed by atoms with van der Waals surface area (Å²) in [6.07, 6.45) is 0. The number of amides is 2. The predicted octanol–water partition coefficient (Wildman–Crippen LogP) is 2.73. The van der Waals surface area contributed by atoms with Crippen molar-refractivity contribution in [1.82, 2.24) is 10.6 Å². The van der Waals surface area contributed by atoms with Crippen LogP contribution in [0.4, 0.5) is 20.6 Å². The Morgan fingerprint density at radius 1 is 1.04 bits per heavy atom. The van der Waals surface area contributed by atoms with Crippen LogP contribution < -0.4 is 20.4 Å². The summed E-state index contributed by atoms with van der Waals surface area (Å²) in [7, 11) is 3.58. The van der Waals surface area contributed by atoms with Crippen LogP contribution >= 0.6 is 0 Å². The second kappa shape index (κ2) is 9.41. The summed E-state index contributed by atoms with van der Waals surface area (Å²) < 4.78 is 19.3. The van der Waals surface area contributed by atoms with E-state index in [1.165, 1.54) is 11.8 Å². The van der Waals surface area contributed by atoms with Gasteiger partial charge in [0.25, 0.3) is 0 Å². The number of morpholine rings is 1. The molecule has 7 heteroatoms. The van der Waals surface area contributed by atoms with E-state index in [4.69, 9.17) is 4.74 Å². The molecule has 150 valence electrons. The smallest absolute Gasteiger partial charge is 0.315 e. The Morgan fingerprint density at radius 3 is 2.25 bits per heavy atom. The van der Waals surface area contributed by atoms with Crippen molar-refractivity contribution in [2.75, 3.05) is 50.2 Å². The van der Waals surface area contributed by atoms with Crippen LogP contribution in [0.2, 0.25) is 0 Å². The van der Waals surface area contributed by atoms with Gasteiger partial charge in [-0.05, 0) is 35.4 Å². The van der Waals surface area contributed by atoms with Gasteiger partial charge in [-0.3, -0.25) is 0 Å². The van der Waals surface area contributed by atoms with E-state index in [2.05, 4.69) is 27.7 Å². The van der Waals surface area contributed by atoms with Gasteiger partial charge in [0.1, 0.15) is 5.82 Å². The molecule has 0 atom stereocenters. The molecule has 0 saturated carbocycles. The van der Waals surface area contributed by atoms with E-state index in [9.17, 15) is 9.18 Å².